The first-order valence-corrected chi connectivity index (χ1v) is 7.99. The minimum Gasteiger partial charge on any atom is -0.497 e. The number of nitrogens with zero attached hydrogens (tertiary/aromatic N) is 1. The minimum atomic E-state index is 0.335. The lowest BCUT2D eigenvalue weighted by Gasteiger charge is -2.08. The molecule has 0 atom stereocenters. The van der Waals surface area contributed by atoms with Gasteiger partial charge in [0.05, 0.1) is 27.0 Å². The molecule has 0 amide bonds. The maximum Gasteiger partial charge on any atom is 0.151 e. The van der Waals surface area contributed by atoms with E-state index in [2.05, 4.69) is 5.16 Å². The van der Waals surface area contributed by atoms with Crippen molar-refractivity contribution in [3.63, 3.8) is 0 Å². The Labute approximate surface area is 147 Å². The maximum atomic E-state index is 5.57. The largest absolute Gasteiger partial charge is 0.497 e. The van der Waals surface area contributed by atoms with E-state index in [4.69, 9.17) is 23.8 Å². The van der Waals surface area contributed by atoms with E-state index in [1.807, 2.05) is 43.3 Å². The summed E-state index contributed by atoms with van der Waals surface area (Å²) in [5.74, 6) is 2.97. The van der Waals surface area contributed by atoms with Crippen LogP contribution in [0.1, 0.15) is 12.5 Å². The molecule has 0 spiro atoms. The van der Waals surface area contributed by atoms with Gasteiger partial charge in [-0.2, -0.15) is 0 Å². The van der Waals surface area contributed by atoms with Gasteiger partial charge < -0.3 is 23.8 Å². The molecule has 0 heterocycles. The first kappa shape index (κ1) is 18.4. The van der Waals surface area contributed by atoms with Crippen molar-refractivity contribution < 1.29 is 23.8 Å². The van der Waals surface area contributed by atoms with Crippen molar-refractivity contribution in [1.82, 2.24) is 0 Å². The third-order valence-corrected chi connectivity index (χ3v) is 3.29. The van der Waals surface area contributed by atoms with Crippen LogP contribution >= 0.6 is 0 Å². The fraction of sp³-hybridized carbons (Fsp3) is 0.316. The van der Waals surface area contributed by atoms with Gasteiger partial charge in [0.25, 0.3) is 0 Å². The Morgan fingerprint density at radius 1 is 0.840 bits per heavy atom. The van der Waals surface area contributed by atoms with Crippen molar-refractivity contribution in [1.29, 1.82) is 0 Å². The molecule has 0 bridgehead atoms. The lowest BCUT2D eigenvalue weighted by atomic mass is 10.2. The van der Waals surface area contributed by atoms with E-state index >= 15 is 0 Å². The highest BCUT2D eigenvalue weighted by Crippen LogP contribution is 2.23. The summed E-state index contributed by atoms with van der Waals surface area (Å²) in [4.78, 5) is 5.21. The van der Waals surface area contributed by atoms with Crippen LogP contribution in [0.15, 0.2) is 47.6 Å². The van der Waals surface area contributed by atoms with Crippen LogP contribution in [0, 0.1) is 0 Å². The van der Waals surface area contributed by atoms with Crippen LogP contribution in [0.2, 0.25) is 0 Å². The fourth-order valence-corrected chi connectivity index (χ4v) is 2.07. The summed E-state index contributed by atoms with van der Waals surface area (Å²) in [7, 11) is 3.20. The van der Waals surface area contributed by atoms with Gasteiger partial charge in [0.2, 0.25) is 0 Å². The topological polar surface area (TPSA) is 58.5 Å². The zero-order valence-corrected chi connectivity index (χ0v) is 14.7. The summed E-state index contributed by atoms with van der Waals surface area (Å²) >= 11 is 0. The molecule has 134 valence electrons. The average Bonchev–Trinajstić information content (AvgIpc) is 2.66. The van der Waals surface area contributed by atoms with Gasteiger partial charge in [0, 0.05) is 11.6 Å². The van der Waals surface area contributed by atoms with Gasteiger partial charge in [0.15, 0.2) is 6.61 Å². The van der Waals surface area contributed by atoms with Crippen LogP contribution in [-0.2, 0) is 4.84 Å². The number of rotatable bonds is 10. The lowest BCUT2D eigenvalue weighted by molar-refractivity contribution is 0.108. The number of ether oxygens (including phenoxy) is 4. The summed E-state index contributed by atoms with van der Waals surface area (Å²) in [6.45, 7) is 3.32. The first-order chi connectivity index (χ1) is 12.3. The second kappa shape index (κ2) is 10.1. The molecule has 2 aromatic rings. The predicted octanol–water partition coefficient (Wildman–Crippen LogP) is 3.53. The summed E-state index contributed by atoms with van der Waals surface area (Å²) in [6.07, 6.45) is 1.59. The summed E-state index contributed by atoms with van der Waals surface area (Å²) in [6, 6.07) is 12.9. The Morgan fingerprint density at radius 2 is 1.52 bits per heavy atom. The van der Waals surface area contributed by atoms with Crippen molar-refractivity contribution >= 4 is 6.21 Å². The molecule has 0 saturated heterocycles. The van der Waals surface area contributed by atoms with Gasteiger partial charge in [-0.15, -0.1) is 0 Å². The minimum absolute atomic E-state index is 0.335. The lowest BCUT2D eigenvalue weighted by Crippen LogP contribution is -2.04. The molecule has 2 aromatic carbocycles. The molecule has 0 aliphatic carbocycles. The summed E-state index contributed by atoms with van der Waals surface area (Å²) in [5, 5.41) is 3.93. The SMILES string of the molecule is CCOc1ccc(OCCO/N=C\c2ccc(OC)cc2OC)cc1. The molecule has 0 aliphatic heterocycles. The maximum absolute atomic E-state index is 5.57. The molecule has 0 radical (unpaired) electrons. The number of hydrogen-bond donors (Lipinski definition) is 0. The molecule has 6 heteroatoms. The number of methoxy groups -OCH3 is 2. The smallest absolute Gasteiger partial charge is 0.151 e. The van der Waals surface area contributed by atoms with E-state index in [0.717, 1.165) is 22.8 Å². The first-order valence-electron chi connectivity index (χ1n) is 7.99. The Kier molecular flexibility index (Phi) is 7.43. The highest BCUT2D eigenvalue weighted by Gasteiger charge is 2.02. The van der Waals surface area contributed by atoms with E-state index in [9.17, 15) is 0 Å². The molecular formula is C19H23NO5. The normalized spacial score (nSPS) is 10.5. The zero-order valence-electron chi connectivity index (χ0n) is 14.7. The summed E-state index contributed by atoms with van der Waals surface area (Å²) in [5.41, 5.74) is 0.802. The number of benzene rings is 2. The Bertz CT molecular complexity index is 670. The third kappa shape index (κ3) is 5.91. The molecular weight excluding hydrogens is 322 g/mol. The van der Waals surface area contributed by atoms with Crippen LogP contribution in [0.3, 0.4) is 0 Å². The van der Waals surface area contributed by atoms with Gasteiger partial charge in [-0.3, -0.25) is 0 Å². The van der Waals surface area contributed by atoms with Gasteiger partial charge in [-0.05, 0) is 43.3 Å². The van der Waals surface area contributed by atoms with Crippen molar-refractivity contribution in [2.24, 2.45) is 5.16 Å². The van der Waals surface area contributed by atoms with Gasteiger partial charge >= 0.3 is 0 Å². The molecule has 0 N–H and O–H groups in total. The second-order valence-electron chi connectivity index (χ2n) is 4.93. The molecule has 0 saturated carbocycles. The van der Waals surface area contributed by atoms with Crippen LogP contribution in [0.4, 0.5) is 0 Å². The predicted molar refractivity (Wildman–Crippen MR) is 96.2 cm³/mol. The highest BCUT2D eigenvalue weighted by molar-refractivity contribution is 5.83. The van der Waals surface area contributed by atoms with E-state index in [-0.39, 0.29) is 0 Å². The highest BCUT2D eigenvalue weighted by atomic mass is 16.6. The van der Waals surface area contributed by atoms with Crippen molar-refractivity contribution in [3.8, 4) is 23.0 Å². The third-order valence-electron chi connectivity index (χ3n) is 3.29. The van der Waals surface area contributed by atoms with E-state index < -0.39 is 0 Å². The monoisotopic (exact) mass is 345 g/mol. The van der Waals surface area contributed by atoms with Crippen molar-refractivity contribution in [3.05, 3.63) is 48.0 Å². The van der Waals surface area contributed by atoms with E-state index in [0.29, 0.717) is 25.6 Å². The molecule has 25 heavy (non-hydrogen) atoms. The van der Waals surface area contributed by atoms with E-state index in [1.165, 1.54) is 0 Å². The van der Waals surface area contributed by atoms with Crippen LogP contribution in [0.5, 0.6) is 23.0 Å². The Morgan fingerprint density at radius 3 is 2.16 bits per heavy atom. The standard InChI is InChI=1S/C19H23NO5/c1-4-23-16-7-9-17(10-8-16)24-11-12-25-20-14-15-5-6-18(21-2)13-19(15)22-3/h5-10,13-14H,4,11-12H2,1-3H3/b20-14-. The molecule has 0 fully saturated rings. The van der Waals surface area contributed by atoms with Crippen LogP contribution < -0.4 is 18.9 Å². The molecule has 0 aliphatic rings. The van der Waals surface area contributed by atoms with Gasteiger partial charge in [-0.1, -0.05) is 5.16 Å². The van der Waals surface area contributed by atoms with Gasteiger partial charge in [0.1, 0.15) is 29.6 Å². The molecule has 0 aromatic heterocycles. The van der Waals surface area contributed by atoms with Crippen molar-refractivity contribution in [2.75, 3.05) is 34.0 Å². The van der Waals surface area contributed by atoms with Crippen LogP contribution in [-0.4, -0.2) is 40.3 Å². The summed E-state index contributed by atoms with van der Waals surface area (Å²) < 4.78 is 21.4. The van der Waals surface area contributed by atoms with E-state index in [1.54, 1.807) is 26.5 Å². The van der Waals surface area contributed by atoms with Gasteiger partial charge in [-0.25, -0.2) is 0 Å². The average molecular weight is 345 g/mol. The Balaban J connectivity index is 1.74. The zero-order chi connectivity index (χ0) is 17.9. The second-order valence-corrected chi connectivity index (χ2v) is 4.93. The number of hydrogen-bond acceptors (Lipinski definition) is 6. The van der Waals surface area contributed by atoms with Crippen molar-refractivity contribution in [2.45, 2.75) is 6.92 Å². The van der Waals surface area contributed by atoms with Crippen LogP contribution in [0.25, 0.3) is 0 Å². The quantitative estimate of drug-likeness (QED) is 0.374. The molecule has 2 rings (SSSR count). The number of oxime groups is 1. The molecule has 6 nitrogen and oxygen atoms in total. The fourth-order valence-electron chi connectivity index (χ4n) is 2.07. The Hall–Kier alpha value is -2.89. The molecule has 0 unspecified atom stereocenters.